The third-order valence-corrected chi connectivity index (χ3v) is 4.65. The Morgan fingerprint density at radius 1 is 1.26 bits per heavy atom. The summed E-state index contributed by atoms with van der Waals surface area (Å²) < 4.78 is 5.83. The molecule has 4 heteroatoms. The van der Waals surface area contributed by atoms with Gasteiger partial charge >= 0.3 is 0 Å². The van der Waals surface area contributed by atoms with Crippen LogP contribution >= 0.6 is 0 Å². The zero-order valence-electron chi connectivity index (χ0n) is 12.7. The molecule has 1 saturated carbocycles. The van der Waals surface area contributed by atoms with Gasteiger partial charge in [0.1, 0.15) is 0 Å². The molecule has 3 atom stereocenters. The predicted molar refractivity (Wildman–Crippen MR) is 75.0 cm³/mol. The first kappa shape index (κ1) is 15.2. The third kappa shape index (κ3) is 3.48. The van der Waals surface area contributed by atoms with E-state index in [1.54, 1.807) is 0 Å². The van der Waals surface area contributed by atoms with Gasteiger partial charge in [0.05, 0.1) is 24.4 Å². The maximum Gasteiger partial charge on any atom is 0.0940 e. The van der Waals surface area contributed by atoms with Crippen LogP contribution in [0.5, 0.6) is 0 Å². The van der Waals surface area contributed by atoms with E-state index in [9.17, 15) is 10.2 Å². The van der Waals surface area contributed by atoms with Crippen molar-refractivity contribution in [2.24, 2.45) is 11.3 Å². The number of hydrogen-bond donors (Lipinski definition) is 2. The second kappa shape index (κ2) is 5.32. The predicted octanol–water partition coefficient (Wildman–Crippen LogP) is 1.26. The zero-order chi connectivity index (χ0) is 14.3. The van der Waals surface area contributed by atoms with Crippen molar-refractivity contribution in [3.63, 3.8) is 0 Å². The van der Waals surface area contributed by atoms with Gasteiger partial charge in [-0.3, -0.25) is 4.90 Å². The van der Waals surface area contributed by atoms with E-state index in [1.807, 2.05) is 0 Å². The molecule has 1 heterocycles. The fraction of sp³-hybridized carbons (Fsp3) is 1.00. The lowest BCUT2D eigenvalue weighted by molar-refractivity contribution is -0.152. The molecular weight excluding hydrogens is 242 g/mol. The molecule has 1 aliphatic carbocycles. The van der Waals surface area contributed by atoms with Gasteiger partial charge in [-0.25, -0.2) is 0 Å². The minimum absolute atomic E-state index is 0.0445. The van der Waals surface area contributed by atoms with Gasteiger partial charge in [-0.05, 0) is 38.0 Å². The number of aliphatic hydroxyl groups excluding tert-OH is 2. The largest absolute Gasteiger partial charge is 0.394 e. The SMILES string of the molecule is CC1(C)CN(CC2CCC(C)(C)C2O)CC(CO)O1. The normalized spacial score (nSPS) is 38.5. The molecule has 0 spiro atoms. The Morgan fingerprint density at radius 3 is 2.47 bits per heavy atom. The smallest absolute Gasteiger partial charge is 0.0940 e. The standard InChI is InChI=1S/C15H29NO3/c1-14(2)6-5-11(13(14)18)7-16-8-12(9-17)19-15(3,4)10-16/h11-13,17-18H,5-10H2,1-4H3. The summed E-state index contributed by atoms with van der Waals surface area (Å²) in [5.74, 6) is 0.350. The third-order valence-electron chi connectivity index (χ3n) is 4.65. The molecule has 19 heavy (non-hydrogen) atoms. The van der Waals surface area contributed by atoms with Gasteiger partial charge in [-0.1, -0.05) is 13.8 Å². The van der Waals surface area contributed by atoms with Crippen molar-refractivity contribution in [3.05, 3.63) is 0 Å². The first-order valence-corrected chi connectivity index (χ1v) is 7.43. The van der Waals surface area contributed by atoms with Crippen LogP contribution in [0.1, 0.15) is 40.5 Å². The Balaban J connectivity index is 1.95. The van der Waals surface area contributed by atoms with Gasteiger partial charge in [0.25, 0.3) is 0 Å². The average molecular weight is 271 g/mol. The van der Waals surface area contributed by atoms with E-state index in [4.69, 9.17) is 4.74 Å². The summed E-state index contributed by atoms with van der Waals surface area (Å²) in [7, 11) is 0. The van der Waals surface area contributed by atoms with Gasteiger partial charge in [0, 0.05) is 19.6 Å². The highest BCUT2D eigenvalue weighted by Gasteiger charge is 2.42. The molecule has 4 nitrogen and oxygen atoms in total. The molecule has 3 unspecified atom stereocenters. The Morgan fingerprint density at radius 2 is 1.95 bits per heavy atom. The van der Waals surface area contributed by atoms with Gasteiger partial charge in [0.2, 0.25) is 0 Å². The van der Waals surface area contributed by atoms with E-state index in [2.05, 4.69) is 32.6 Å². The van der Waals surface area contributed by atoms with Gasteiger partial charge in [-0.2, -0.15) is 0 Å². The highest BCUT2D eigenvalue weighted by atomic mass is 16.5. The Bertz CT molecular complexity index is 317. The van der Waals surface area contributed by atoms with Crippen LogP contribution in [-0.4, -0.2) is 59.2 Å². The van der Waals surface area contributed by atoms with Crippen LogP contribution in [0, 0.1) is 11.3 Å². The molecule has 2 rings (SSSR count). The van der Waals surface area contributed by atoms with E-state index in [0.29, 0.717) is 5.92 Å². The topological polar surface area (TPSA) is 52.9 Å². The van der Waals surface area contributed by atoms with Crippen LogP contribution in [-0.2, 0) is 4.74 Å². The molecule has 2 N–H and O–H groups in total. The lowest BCUT2D eigenvalue weighted by Gasteiger charge is -2.43. The number of aliphatic hydroxyl groups is 2. The van der Waals surface area contributed by atoms with Crippen molar-refractivity contribution < 1.29 is 14.9 Å². The molecule has 2 fully saturated rings. The van der Waals surface area contributed by atoms with Crippen molar-refractivity contribution in [3.8, 4) is 0 Å². The molecular formula is C15H29NO3. The Hall–Kier alpha value is -0.160. The van der Waals surface area contributed by atoms with Crippen LogP contribution in [0.3, 0.4) is 0 Å². The maximum atomic E-state index is 10.4. The summed E-state index contributed by atoms with van der Waals surface area (Å²) in [4.78, 5) is 2.35. The van der Waals surface area contributed by atoms with E-state index in [-0.39, 0.29) is 29.8 Å². The van der Waals surface area contributed by atoms with Crippen LogP contribution in [0.25, 0.3) is 0 Å². The molecule has 0 aromatic heterocycles. The molecule has 0 aromatic carbocycles. The maximum absolute atomic E-state index is 10.4. The molecule has 0 aromatic rings. The molecule has 112 valence electrons. The van der Waals surface area contributed by atoms with Gasteiger partial charge in [-0.15, -0.1) is 0 Å². The van der Waals surface area contributed by atoms with E-state index in [0.717, 1.165) is 32.5 Å². The van der Waals surface area contributed by atoms with Crippen molar-refractivity contribution in [1.82, 2.24) is 4.90 Å². The second-order valence-corrected chi connectivity index (χ2v) is 7.61. The lowest BCUT2D eigenvalue weighted by Crippen LogP contribution is -2.55. The zero-order valence-corrected chi connectivity index (χ0v) is 12.7. The Labute approximate surface area is 116 Å². The van der Waals surface area contributed by atoms with E-state index >= 15 is 0 Å². The highest BCUT2D eigenvalue weighted by molar-refractivity contribution is 4.94. The molecule has 1 aliphatic heterocycles. The summed E-state index contributed by atoms with van der Waals surface area (Å²) in [5.41, 5.74) is -0.173. The summed E-state index contributed by atoms with van der Waals surface area (Å²) in [6.07, 6.45) is 1.87. The van der Waals surface area contributed by atoms with Crippen LogP contribution in [0.4, 0.5) is 0 Å². The van der Waals surface area contributed by atoms with Gasteiger partial charge in [0.15, 0.2) is 0 Å². The number of nitrogens with zero attached hydrogens (tertiary/aromatic N) is 1. The fourth-order valence-corrected chi connectivity index (χ4v) is 3.67. The minimum Gasteiger partial charge on any atom is -0.394 e. The van der Waals surface area contributed by atoms with Gasteiger partial charge < -0.3 is 14.9 Å². The minimum atomic E-state index is -0.218. The molecule has 0 bridgehead atoms. The van der Waals surface area contributed by atoms with Crippen molar-refractivity contribution in [2.75, 3.05) is 26.2 Å². The molecule has 0 radical (unpaired) electrons. The first-order chi connectivity index (χ1) is 8.73. The average Bonchev–Trinajstić information content (AvgIpc) is 2.54. The number of rotatable bonds is 3. The first-order valence-electron chi connectivity index (χ1n) is 7.43. The number of morpholine rings is 1. The molecule has 0 amide bonds. The number of ether oxygens (including phenoxy) is 1. The Kier molecular flexibility index (Phi) is 4.26. The molecule has 2 aliphatic rings. The summed E-state index contributed by atoms with van der Waals surface area (Å²) in [6, 6.07) is 0. The van der Waals surface area contributed by atoms with Crippen molar-refractivity contribution in [1.29, 1.82) is 0 Å². The quantitative estimate of drug-likeness (QED) is 0.811. The van der Waals surface area contributed by atoms with E-state index < -0.39 is 0 Å². The van der Waals surface area contributed by atoms with Crippen molar-refractivity contribution >= 4 is 0 Å². The van der Waals surface area contributed by atoms with Crippen LogP contribution < -0.4 is 0 Å². The highest BCUT2D eigenvalue weighted by Crippen LogP contribution is 2.41. The van der Waals surface area contributed by atoms with Crippen LogP contribution in [0.2, 0.25) is 0 Å². The summed E-state index contributed by atoms with van der Waals surface area (Å²) in [5, 5.41) is 19.7. The van der Waals surface area contributed by atoms with Crippen molar-refractivity contribution in [2.45, 2.75) is 58.3 Å². The van der Waals surface area contributed by atoms with E-state index in [1.165, 1.54) is 0 Å². The fourth-order valence-electron chi connectivity index (χ4n) is 3.67. The number of hydrogen-bond acceptors (Lipinski definition) is 4. The summed E-state index contributed by atoms with van der Waals surface area (Å²) >= 11 is 0. The molecule has 1 saturated heterocycles. The monoisotopic (exact) mass is 271 g/mol. The summed E-state index contributed by atoms with van der Waals surface area (Å²) in [6.45, 7) is 11.0. The van der Waals surface area contributed by atoms with Crippen LogP contribution in [0.15, 0.2) is 0 Å². The second-order valence-electron chi connectivity index (χ2n) is 7.61. The lowest BCUT2D eigenvalue weighted by atomic mass is 9.87.